The Morgan fingerprint density at radius 3 is 2.69 bits per heavy atom. The molecule has 2 aliphatic heterocycles. The molecular weight excluding hydrogens is 386 g/mol. The van der Waals surface area contributed by atoms with Gasteiger partial charge in [0.05, 0.1) is 18.8 Å². The maximum absolute atomic E-state index is 12.7. The number of hydrogen-bond donors (Lipinski definition) is 2. The molecule has 6 nitrogen and oxygen atoms in total. The first kappa shape index (κ1) is 20.3. The summed E-state index contributed by atoms with van der Waals surface area (Å²) in [6, 6.07) is 8.07. The molecule has 0 spiro atoms. The summed E-state index contributed by atoms with van der Waals surface area (Å²) >= 11 is 5.69. The van der Waals surface area contributed by atoms with E-state index in [1.54, 1.807) is 0 Å². The van der Waals surface area contributed by atoms with E-state index in [0.29, 0.717) is 30.3 Å². The molecule has 2 saturated heterocycles. The third kappa shape index (κ3) is 5.15. The van der Waals surface area contributed by atoms with Crippen molar-refractivity contribution in [3.8, 4) is 0 Å². The lowest BCUT2D eigenvalue weighted by atomic mass is 10.1. The third-order valence-electron chi connectivity index (χ3n) is 5.68. The van der Waals surface area contributed by atoms with Crippen LogP contribution in [-0.2, 0) is 16.0 Å². The Bertz CT molecular complexity index is 917. The Morgan fingerprint density at radius 1 is 1.21 bits per heavy atom. The van der Waals surface area contributed by atoms with E-state index in [1.807, 2.05) is 25.1 Å². The molecule has 2 fully saturated rings. The zero-order chi connectivity index (χ0) is 20.2. The first-order chi connectivity index (χ1) is 14.1. The Morgan fingerprint density at radius 2 is 1.97 bits per heavy atom. The summed E-state index contributed by atoms with van der Waals surface area (Å²) in [5, 5.41) is 5.03. The highest BCUT2D eigenvalue weighted by Gasteiger charge is 2.23. The largest absolute Gasteiger partial charge is 0.376 e. The van der Waals surface area contributed by atoms with E-state index in [1.165, 1.54) is 0 Å². The smallest absolute Gasteiger partial charge is 0.253 e. The molecule has 1 aromatic carbocycles. The normalized spacial score (nSPS) is 21.6. The van der Waals surface area contributed by atoms with E-state index < -0.39 is 0 Å². The van der Waals surface area contributed by atoms with E-state index in [0.717, 1.165) is 55.4 Å². The molecule has 7 heteroatoms. The fourth-order valence-electron chi connectivity index (χ4n) is 4.05. The van der Waals surface area contributed by atoms with Crippen LogP contribution in [0.5, 0.6) is 0 Å². The maximum Gasteiger partial charge on any atom is 0.253 e. The van der Waals surface area contributed by atoms with Gasteiger partial charge in [-0.2, -0.15) is 0 Å². The Kier molecular flexibility index (Phi) is 6.47. The van der Waals surface area contributed by atoms with Crippen LogP contribution >= 0.6 is 12.2 Å². The van der Waals surface area contributed by atoms with Gasteiger partial charge in [0.1, 0.15) is 0 Å². The topological polar surface area (TPSA) is 66.6 Å². The lowest BCUT2D eigenvalue weighted by molar-refractivity contribution is 0.0885. The molecule has 29 heavy (non-hydrogen) atoms. The average Bonchev–Trinajstić information content (AvgIpc) is 3.40. The number of nitrogens with zero attached hydrogens (tertiary/aromatic N) is 1. The van der Waals surface area contributed by atoms with E-state index in [2.05, 4.69) is 21.3 Å². The second-order valence-electron chi connectivity index (χ2n) is 8.05. The summed E-state index contributed by atoms with van der Waals surface area (Å²) in [5.41, 5.74) is 2.63. The number of H-pyrrole nitrogens is 1. The molecule has 0 saturated carbocycles. The number of rotatable bonds is 6. The number of ether oxygens (including phenoxy) is 2. The van der Waals surface area contributed by atoms with Crippen LogP contribution in [0.2, 0.25) is 0 Å². The molecule has 2 unspecified atom stereocenters. The number of aromatic amines is 1. The minimum absolute atomic E-state index is 0.0673. The summed E-state index contributed by atoms with van der Waals surface area (Å²) in [5.74, 6) is 0. The third-order valence-corrected chi connectivity index (χ3v) is 6.08. The molecule has 2 atom stereocenters. The van der Waals surface area contributed by atoms with Crippen LogP contribution in [0.15, 0.2) is 29.1 Å². The van der Waals surface area contributed by atoms with Crippen LogP contribution in [0.25, 0.3) is 10.9 Å². The van der Waals surface area contributed by atoms with Gasteiger partial charge in [0.2, 0.25) is 0 Å². The van der Waals surface area contributed by atoms with Crippen molar-refractivity contribution < 1.29 is 9.47 Å². The van der Waals surface area contributed by atoms with Gasteiger partial charge in [-0.05, 0) is 67.9 Å². The van der Waals surface area contributed by atoms with Gasteiger partial charge in [-0.25, -0.2) is 0 Å². The van der Waals surface area contributed by atoms with Gasteiger partial charge in [-0.1, -0.05) is 12.1 Å². The molecule has 4 rings (SSSR count). The quantitative estimate of drug-likeness (QED) is 0.708. The standard InChI is InChI=1S/C22H29N3O3S/c1-15-6-7-16-11-17(21(26)24-20(16)10-15)13-25(14-19-5-3-9-28-19)22(29)23-12-18-4-2-8-27-18/h6-7,10-11,18-19H,2-5,8-9,12-14H2,1H3,(H,23,29)(H,24,26). The fourth-order valence-corrected chi connectivity index (χ4v) is 4.28. The second-order valence-corrected chi connectivity index (χ2v) is 8.44. The van der Waals surface area contributed by atoms with Crippen LogP contribution in [0.1, 0.15) is 36.8 Å². The number of fused-ring (bicyclic) bond motifs is 1. The zero-order valence-electron chi connectivity index (χ0n) is 16.9. The van der Waals surface area contributed by atoms with Gasteiger partial charge in [0.25, 0.3) is 5.56 Å². The molecule has 3 heterocycles. The van der Waals surface area contributed by atoms with Crippen molar-refractivity contribution in [2.45, 2.75) is 51.4 Å². The average molecular weight is 416 g/mol. The van der Waals surface area contributed by atoms with Crippen molar-refractivity contribution in [3.05, 3.63) is 45.7 Å². The fraction of sp³-hybridized carbons (Fsp3) is 0.545. The van der Waals surface area contributed by atoms with E-state index in [4.69, 9.17) is 21.7 Å². The van der Waals surface area contributed by atoms with Gasteiger partial charge in [-0.15, -0.1) is 0 Å². The van der Waals surface area contributed by atoms with E-state index >= 15 is 0 Å². The number of thiocarbonyl (C=S) groups is 1. The van der Waals surface area contributed by atoms with Gasteiger partial charge < -0.3 is 24.7 Å². The molecular formula is C22H29N3O3S. The molecule has 0 amide bonds. The number of hydrogen-bond acceptors (Lipinski definition) is 4. The van der Waals surface area contributed by atoms with Crippen molar-refractivity contribution in [2.24, 2.45) is 0 Å². The SMILES string of the molecule is Cc1ccc2cc(CN(CC3CCCO3)C(=S)NCC3CCCO3)c(=O)[nH]c2c1. The van der Waals surface area contributed by atoms with Crippen molar-refractivity contribution in [3.63, 3.8) is 0 Å². The number of benzene rings is 1. The van der Waals surface area contributed by atoms with Crippen LogP contribution in [0.3, 0.4) is 0 Å². The Balaban J connectivity index is 1.51. The zero-order valence-corrected chi connectivity index (χ0v) is 17.7. The summed E-state index contributed by atoms with van der Waals surface area (Å²) < 4.78 is 11.5. The summed E-state index contributed by atoms with van der Waals surface area (Å²) in [4.78, 5) is 17.8. The van der Waals surface area contributed by atoms with Gasteiger partial charge >= 0.3 is 0 Å². The number of pyridine rings is 1. The van der Waals surface area contributed by atoms with E-state index in [9.17, 15) is 4.79 Å². The number of nitrogens with one attached hydrogen (secondary N) is 2. The van der Waals surface area contributed by atoms with Gasteiger partial charge in [-0.3, -0.25) is 4.79 Å². The Hall–Kier alpha value is -1.96. The van der Waals surface area contributed by atoms with Crippen LogP contribution in [-0.4, -0.2) is 53.5 Å². The lowest BCUT2D eigenvalue weighted by Gasteiger charge is -2.28. The van der Waals surface area contributed by atoms with Crippen molar-refractivity contribution in [1.82, 2.24) is 15.2 Å². The maximum atomic E-state index is 12.7. The molecule has 0 radical (unpaired) electrons. The van der Waals surface area contributed by atoms with Crippen molar-refractivity contribution in [1.29, 1.82) is 0 Å². The first-order valence-corrected chi connectivity index (χ1v) is 10.9. The first-order valence-electron chi connectivity index (χ1n) is 10.5. The van der Waals surface area contributed by atoms with Gasteiger partial charge in [0.15, 0.2) is 5.11 Å². The highest BCUT2D eigenvalue weighted by atomic mass is 32.1. The molecule has 156 valence electrons. The second kappa shape index (κ2) is 9.24. The van der Waals surface area contributed by atoms with Crippen molar-refractivity contribution >= 4 is 28.2 Å². The molecule has 2 aromatic rings. The van der Waals surface area contributed by atoms with Crippen LogP contribution < -0.4 is 10.9 Å². The molecule has 1 aromatic heterocycles. The van der Waals surface area contributed by atoms with Crippen molar-refractivity contribution in [2.75, 3.05) is 26.3 Å². The predicted octanol–water partition coefficient (Wildman–Crippen LogP) is 2.87. The summed E-state index contributed by atoms with van der Waals surface area (Å²) in [7, 11) is 0. The number of aryl methyl sites for hydroxylation is 1. The monoisotopic (exact) mass is 415 g/mol. The molecule has 2 N–H and O–H groups in total. The Labute approximate surface area is 176 Å². The minimum atomic E-state index is -0.0673. The minimum Gasteiger partial charge on any atom is -0.376 e. The van der Waals surface area contributed by atoms with Crippen LogP contribution in [0.4, 0.5) is 0 Å². The highest BCUT2D eigenvalue weighted by molar-refractivity contribution is 7.80. The summed E-state index contributed by atoms with van der Waals surface area (Å²) in [6.45, 7) is 5.48. The van der Waals surface area contributed by atoms with Crippen LogP contribution in [0, 0.1) is 6.92 Å². The molecule has 0 aliphatic carbocycles. The lowest BCUT2D eigenvalue weighted by Crippen LogP contribution is -2.45. The van der Waals surface area contributed by atoms with Gasteiger partial charge in [0, 0.05) is 37.4 Å². The highest BCUT2D eigenvalue weighted by Crippen LogP contribution is 2.17. The number of aromatic nitrogens is 1. The molecule has 2 aliphatic rings. The predicted molar refractivity (Wildman–Crippen MR) is 118 cm³/mol. The van der Waals surface area contributed by atoms with E-state index in [-0.39, 0.29) is 17.8 Å². The summed E-state index contributed by atoms with van der Waals surface area (Å²) in [6.07, 6.45) is 4.63. The molecule has 0 bridgehead atoms.